The molecule has 0 saturated heterocycles. The van der Waals surface area contributed by atoms with E-state index in [1.54, 1.807) is 25.3 Å². The molecule has 1 amide bonds. The molecule has 9 nitrogen and oxygen atoms in total. The van der Waals surface area contributed by atoms with Crippen molar-refractivity contribution in [2.75, 3.05) is 7.11 Å². The summed E-state index contributed by atoms with van der Waals surface area (Å²) >= 11 is 0. The van der Waals surface area contributed by atoms with Gasteiger partial charge in [-0.15, -0.1) is 0 Å². The number of carbonyl (C=O) groups is 2. The summed E-state index contributed by atoms with van der Waals surface area (Å²) < 4.78 is 11.5. The second-order valence-corrected chi connectivity index (χ2v) is 11.8. The Bertz CT molecular complexity index is 1110. The number of aliphatic hydroxyl groups excluding tert-OH is 2. The van der Waals surface area contributed by atoms with E-state index in [2.05, 4.69) is 16.4 Å². The molecular weight excluding hydrogens is 488 g/mol. The highest BCUT2D eigenvalue weighted by atomic mass is 16.5. The third-order valence-corrected chi connectivity index (χ3v) is 9.83. The van der Waals surface area contributed by atoms with Crippen molar-refractivity contribution in [1.29, 1.82) is 0 Å². The zero-order valence-electron chi connectivity index (χ0n) is 22.6. The van der Waals surface area contributed by atoms with Gasteiger partial charge in [-0.1, -0.05) is 32.1 Å². The van der Waals surface area contributed by atoms with E-state index in [0.29, 0.717) is 5.69 Å². The number of aromatic amines is 1. The van der Waals surface area contributed by atoms with Crippen LogP contribution in [0.5, 0.6) is 0 Å². The Morgan fingerprint density at radius 1 is 1.24 bits per heavy atom. The van der Waals surface area contributed by atoms with Crippen LogP contribution in [-0.2, 0) is 14.3 Å². The Morgan fingerprint density at radius 2 is 1.97 bits per heavy atom. The van der Waals surface area contributed by atoms with Crippen LogP contribution in [0.3, 0.4) is 0 Å². The number of methoxy groups -OCH3 is 1. The first-order valence-corrected chi connectivity index (χ1v) is 13.6. The molecule has 13 atom stereocenters. The molecule has 2 saturated carbocycles. The van der Waals surface area contributed by atoms with Crippen LogP contribution in [0.1, 0.15) is 44.6 Å². The molecule has 4 unspecified atom stereocenters. The molecule has 0 bridgehead atoms. The molecule has 1 aromatic rings. The first kappa shape index (κ1) is 27.1. The van der Waals surface area contributed by atoms with Gasteiger partial charge in [-0.2, -0.15) is 0 Å². The van der Waals surface area contributed by atoms with Crippen LogP contribution in [0, 0.1) is 41.4 Å². The first-order chi connectivity index (χ1) is 18.0. The average Bonchev–Trinajstić information content (AvgIpc) is 3.46. The number of allylic oxidation sites excluding steroid dienone is 1. The summed E-state index contributed by atoms with van der Waals surface area (Å²) in [7, 11) is 1.47. The third kappa shape index (κ3) is 4.06. The molecule has 2 heterocycles. The summed E-state index contributed by atoms with van der Waals surface area (Å²) in [5.74, 6) is -2.60. The monoisotopic (exact) mass is 528 g/mol. The van der Waals surface area contributed by atoms with E-state index in [4.69, 9.17) is 9.47 Å². The van der Waals surface area contributed by atoms with E-state index < -0.39 is 47.9 Å². The molecular formula is C29H40N2O7. The summed E-state index contributed by atoms with van der Waals surface area (Å²) in [6.45, 7) is 7.33. The number of rotatable bonds is 4. The van der Waals surface area contributed by atoms with Crippen molar-refractivity contribution in [3.05, 3.63) is 47.8 Å². The van der Waals surface area contributed by atoms with Gasteiger partial charge in [0.25, 0.3) is 0 Å². The number of hydrogen-bond acceptors (Lipinski definition) is 7. The molecule has 1 aliphatic heterocycles. The summed E-state index contributed by atoms with van der Waals surface area (Å²) in [5, 5.41) is 37.3. The summed E-state index contributed by atoms with van der Waals surface area (Å²) in [5.41, 5.74) is -0.234. The number of H-pyrrole nitrogens is 1. The van der Waals surface area contributed by atoms with Crippen LogP contribution >= 0.6 is 0 Å². The maximum Gasteiger partial charge on any atom is 0.355 e. The minimum absolute atomic E-state index is 0.105. The molecule has 9 heteroatoms. The smallest absolute Gasteiger partial charge is 0.355 e. The second kappa shape index (κ2) is 9.93. The minimum Gasteiger partial charge on any atom is -0.457 e. The van der Waals surface area contributed by atoms with Crippen molar-refractivity contribution < 1.29 is 34.4 Å². The Hall–Kier alpha value is -2.46. The zero-order valence-corrected chi connectivity index (χ0v) is 22.6. The number of aromatic nitrogens is 1. The molecule has 2 fully saturated rings. The van der Waals surface area contributed by atoms with E-state index in [1.165, 1.54) is 7.11 Å². The summed E-state index contributed by atoms with van der Waals surface area (Å²) in [6, 6.07) is 2.84. The molecule has 208 valence electrons. The molecule has 0 aromatic carbocycles. The number of fused-ring (bicyclic) bond motifs is 6. The van der Waals surface area contributed by atoms with Gasteiger partial charge >= 0.3 is 5.97 Å². The van der Waals surface area contributed by atoms with Crippen LogP contribution in [0.2, 0.25) is 0 Å². The fraction of sp³-hybridized carbons (Fsp3) is 0.655. The molecule has 1 aromatic heterocycles. The molecule has 0 spiro atoms. The van der Waals surface area contributed by atoms with Crippen LogP contribution < -0.4 is 5.32 Å². The lowest BCUT2D eigenvalue weighted by Gasteiger charge is -2.61. The number of esters is 1. The molecule has 4 aliphatic rings. The fourth-order valence-corrected chi connectivity index (χ4v) is 7.88. The van der Waals surface area contributed by atoms with Crippen LogP contribution in [0.25, 0.3) is 0 Å². The maximum atomic E-state index is 13.1. The SMILES string of the molecule is CO[C@H]1C[C@H]2C=CC3C(C4[C@H]3[C@H](OC(=O)c3ccc[nH]3)[C@H](C)[C@H]4O)[C@]2(O)/C(C)=C/[C@@H](C)C([C@@H](C)O)NC1=O. The van der Waals surface area contributed by atoms with Gasteiger partial charge in [-0.3, -0.25) is 4.79 Å². The maximum absolute atomic E-state index is 13.1. The van der Waals surface area contributed by atoms with Crippen molar-refractivity contribution in [2.24, 2.45) is 41.4 Å². The zero-order chi connectivity index (χ0) is 27.5. The number of carbonyl (C=O) groups excluding carboxylic acids is 2. The Balaban J connectivity index is 1.52. The largest absolute Gasteiger partial charge is 0.457 e. The predicted octanol–water partition coefficient (Wildman–Crippen LogP) is 1.81. The minimum atomic E-state index is -1.34. The molecule has 0 radical (unpaired) electrons. The van der Waals surface area contributed by atoms with E-state index in [9.17, 15) is 24.9 Å². The van der Waals surface area contributed by atoms with Crippen molar-refractivity contribution >= 4 is 11.9 Å². The van der Waals surface area contributed by atoms with Crippen LogP contribution in [-0.4, -0.2) is 75.3 Å². The molecule has 5 N–H and O–H groups in total. The average molecular weight is 529 g/mol. The van der Waals surface area contributed by atoms with Crippen LogP contribution in [0.4, 0.5) is 0 Å². The lowest BCUT2D eigenvalue weighted by atomic mass is 9.46. The fourth-order valence-electron chi connectivity index (χ4n) is 7.88. The number of hydrogen-bond donors (Lipinski definition) is 5. The predicted molar refractivity (Wildman–Crippen MR) is 139 cm³/mol. The number of nitrogens with one attached hydrogen (secondary N) is 2. The van der Waals surface area contributed by atoms with Gasteiger partial charge in [-0.25, -0.2) is 4.79 Å². The number of amides is 1. The van der Waals surface area contributed by atoms with Gasteiger partial charge in [0.2, 0.25) is 5.91 Å². The van der Waals surface area contributed by atoms with Crippen LogP contribution in [0.15, 0.2) is 42.1 Å². The quantitative estimate of drug-likeness (QED) is 0.297. The van der Waals surface area contributed by atoms with Gasteiger partial charge in [0.05, 0.1) is 23.9 Å². The molecule has 3 aliphatic carbocycles. The van der Waals surface area contributed by atoms with Crippen molar-refractivity contribution in [1.82, 2.24) is 10.3 Å². The van der Waals surface area contributed by atoms with Crippen molar-refractivity contribution in [2.45, 2.75) is 70.2 Å². The highest BCUT2D eigenvalue weighted by Gasteiger charge is 2.71. The highest BCUT2D eigenvalue weighted by Crippen LogP contribution is 2.66. The summed E-state index contributed by atoms with van der Waals surface area (Å²) in [4.78, 5) is 28.8. The Labute approximate surface area is 223 Å². The number of aliphatic hydroxyl groups is 3. The van der Waals surface area contributed by atoms with Crippen molar-refractivity contribution in [3.63, 3.8) is 0 Å². The van der Waals surface area contributed by atoms with Gasteiger partial charge in [0.15, 0.2) is 0 Å². The van der Waals surface area contributed by atoms with E-state index >= 15 is 0 Å². The van der Waals surface area contributed by atoms with Gasteiger partial charge in [-0.05, 0) is 55.7 Å². The number of ether oxygens (including phenoxy) is 2. The third-order valence-electron chi connectivity index (χ3n) is 9.83. The normalized spacial score (nSPS) is 46.4. The lowest BCUT2D eigenvalue weighted by molar-refractivity contribution is -0.178. The lowest BCUT2D eigenvalue weighted by Crippen LogP contribution is -2.65. The van der Waals surface area contributed by atoms with Gasteiger partial charge < -0.3 is 35.1 Å². The van der Waals surface area contributed by atoms with Gasteiger partial charge in [0, 0.05) is 37.0 Å². The van der Waals surface area contributed by atoms with Crippen molar-refractivity contribution in [3.8, 4) is 0 Å². The Morgan fingerprint density at radius 3 is 2.61 bits per heavy atom. The highest BCUT2D eigenvalue weighted by molar-refractivity contribution is 5.87. The van der Waals surface area contributed by atoms with E-state index in [0.717, 1.165) is 5.57 Å². The summed E-state index contributed by atoms with van der Waals surface area (Å²) in [6.07, 6.45) is 5.01. The second-order valence-electron chi connectivity index (χ2n) is 11.8. The first-order valence-electron chi connectivity index (χ1n) is 13.6. The molecule has 38 heavy (non-hydrogen) atoms. The Kier molecular flexibility index (Phi) is 7.09. The standard InChI is InChI=1S/C29H40N2O7/c1-13-11-14(2)29(36)17(12-20(37-5)27(34)31-24(13)16(4)32)8-9-18-21-22(23(18)29)25(33)15(3)26(21)38-28(35)19-7-6-10-30-19/h6-11,13,15-18,20-26,30,32-33,36H,12H2,1-5H3,(H,31,34)/b14-11+/t13-,15-,16-,17-,18?,20+,21+,22?,23?,24?,25-,26-,29+/m1/s1. The molecule has 5 rings (SSSR count). The topological polar surface area (TPSA) is 141 Å². The van der Waals surface area contributed by atoms with E-state index in [1.807, 2.05) is 32.9 Å². The van der Waals surface area contributed by atoms with E-state index in [-0.39, 0.29) is 47.8 Å². The van der Waals surface area contributed by atoms with Gasteiger partial charge in [0.1, 0.15) is 17.9 Å².